The lowest BCUT2D eigenvalue weighted by molar-refractivity contribution is 0.0953. The molecule has 0 aliphatic heterocycles. The van der Waals surface area contributed by atoms with Gasteiger partial charge in [-0.3, -0.25) is 9.52 Å². The van der Waals surface area contributed by atoms with Crippen LogP contribution in [0.1, 0.15) is 30.1 Å². The fourth-order valence-corrected chi connectivity index (χ4v) is 3.44. The van der Waals surface area contributed by atoms with Crippen molar-refractivity contribution in [2.75, 3.05) is 11.3 Å². The molecule has 0 aliphatic rings. The van der Waals surface area contributed by atoms with Gasteiger partial charge < -0.3 is 5.32 Å². The van der Waals surface area contributed by atoms with Crippen LogP contribution in [0.15, 0.2) is 47.4 Å². The van der Waals surface area contributed by atoms with Gasteiger partial charge in [0.1, 0.15) is 0 Å². The topological polar surface area (TPSA) is 75.3 Å². The number of sulfonamides is 1. The largest absolute Gasteiger partial charge is 0.352 e. The van der Waals surface area contributed by atoms with Gasteiger partial charge >= 0.3 is 0 Å². The van der Waals surface area contributed by atoms with Crippen LogP contribution >= 0.6 is 23.2 Å². The lowest BCUT2D eigenvalue weighted by Gasteiger charge is -2.11. The Balaban J connectivity index is 2.21. The maximum Gasteiger partial charge on any atom is 0.261 e. The second kappa shape index (κ2) is 8.56. The summed E-state index contributed by atoms with van der Waals surface area (Å²) in [5, 5.41) is 3.45. The highest BCUT2D eigenvalue weighted by Gasteiger charge is 2.16. The van der Waals surface area contributed by atoms with Crippen LogP contribution in [0.5, 0.6) is 0 Å². The van der Waals surface area contributed by atoms with Gasteiger partial charge in [0, 0.05) is 17.3 Å². The maximum atomic E-state index is 12.4. The quantitative estimate of drug-likeness (QED) is 0.679. The Morgan fingerprint density at radius 3 is 2.40 bits per heavy atom. The van der Waals surface area contributed by atoms with Crippen molar-refractivity contribution in [2.45, 2.75) is 24.7 Å². The summed E-state index contributed by atoms with van der Waals surface area (Å²) >= 11 is 11.8. The lowest BCUT2D eigenvalue weighted by atomic mass is 10.2. The van der Waals surface area contributed by atoms with Crippen molar-refractivity contribution in [3.05, 3.63) is 58.1 Å². The van der Waals surface area contributed by atoms with E-state index >= 15 is 0 Å². The number of hydrogen-bond donors (Lipinski definition) is 2. The minimum absolute atomic E-state index is 0.0702. The van der Waals surface area contributed by atoms with Crippen LogP contribution in [0.2, 0.25) is 10.0 Å². The maximum absolute atomic E-state index is 12.4. The van der Waals surface area contributed by atoms with E-state index in [4.69, 9.17) is 23.2 Å². The summed E-state index contributed by atoms with van der Waals surface area (Å²) in [5.41, 5.74) is 0.467. The van der Waals surface area contributed by atoms with Crippen LogP contribution in [0.25, 0.3) is 0 Å². The minimum Gasteiger partial charge on any atom is -0.352 e. The van der Waals surface area contributed by atoms with E-state index in [1.807, 2.05) is 6.92 Å². The molecule has 0 saturated heterocycles. The molecule has 0 atom stereocenters. The molecule has 2 aromatic rings. The fraction of sp³-hybridized carbons (Fsp3) is 0.235. The summed E-state index contributed by atoms with van der Waals surface area (Å²) in [6.45, 7) is 2.55. The Bertz CT molecular complexity index is 853. The molecular weight excluding hydrogens is 383 g/mol. The van der Waals surface area contributed by atoms with Gasteiger partial charge in [-0.2, -0.15) is 0 Å². The summed E-state index contributed by atoms with van der Waals surface area (Å²) in [7, 11) is -3.79. The summed E-state index contributed by atoms with van der Waals surface area (Å²) in [5.74, 6) is -0.342. The average Bonchev–Trinajstić information content (AvgIpc) is 2.57. The standard InChI is InChI=1S/C17H18Cl2N2O3S/c1-2-3-10-20-17(22)15-11-13(6-9-16(15)19)21-25(23,24)14-7-4-12(18)5-8-14/h4-9,11,21H,2-3,10H2,1H3,(H,20,22). The van der Waals surface area contributed by atoms with E-state index in [1.165, 1.54) is 42.5 Å². The summed E-state index contributed by atoms with van der Waals surface area (Å²) in [6, 6.07) is 10.2. The number of carbonyl (C=O) groups is 1. The molecule has 0 aliphatic carbocycles. The molecule has 2 aromatic carbocycles. The normalized spacial score (nSPS) is 11.2. The van der Waals surface area contributed by atoms with Crippen molar-refractivity contribution in [1.29, 1.82) is 0 Å². The molecule has 0 fully saturated rings. The summed E-state index contributed by atoms with van der Waals surface area (Å²) in [6.07, 6.45) is 1.81. The number of halogens is 2. The molecule has 8 heteroatoms. The van der Waals surface area contributed by atoms with Gasteiger partial charge in [-0.25, -0.2) is 8.42 Å². The number of rotatable bonds is 7. The number of anilines is 1. The number of benzene rings is 2. The molecule has 5 nitrogen and oxygen atoms in total. The van der Waals surface area contributed by atoms with Crippen molar-refractivity contribution in [2.24, 2.45) is 0 Å². The molecule has 25 heavy (non-hydrogen) atoms. The zero-order chi connectivity index (χ0) is 18.4. The molecule has 0 radical (unpaired) electrons. The number of unbranched alkanes of at least 4 members (excludes halogenated alkanes) is 1. The van der Waals surface area contributed by atoms with Gasteiger partial charge in [0.15, 0.2) is 0 Å². The first-order valence-corrected chi connectivity index (χ1v) is 9.93. The smallest absolute Gasteiger partial charge is 0.261 e. The Labute approximate surface area is 157 Å². The average molecular weight is 401 g/mol. The monoisotopic (exact) mass is 400 g/mol. The Morgan fingerprint density at radius 2 is 1.76 bits per heavy atom. The van der Waals surface area contributed by atoms with Crippen LogP contribution in [0, 0.1) is 0 Å². The number of carbonyl (C=O) groups excluding carboxylic acids is 1. The lowest BCUT2D eigenvalue weighted by Crippen LogP contribution is -2.25. The Morgan fingerprint density at radius 1 is 1.08 bits per heavy atom. The fourth-order valence-electron chi connectivity index (χ4n) is 2.06. The van der Waals surface area contributed by atoms with E-state index in [-0.39, 0.29) is 27.1 Å². The van der Waals surface area contributed by atoms with Crippen molar-refractivity contribution in [1.82, 2.24) is 5.32 Å². The van der Waals surface area contributed by atoms with Crippen molar-refractivity contribution in [3.63, 3.8) is 0 Å². The minimum atomic E-state index is -3.79. The first-order valence-electron chi connectivity index (χ1n) is 7.69. The van der Waals surface area contributed by atoms with E-state index in [0.29, 0.717) is 11.6 Å². The van der Waals surface area contributed by atoms with Crippen LogP contribution in [0.3, 0.4) is 0 Å². The van der Waals surface area contributed by atoms with Gasteiger partial charge in [0.05, 0.1) is 15.5 Å². The number of nitrogens with one attached hydrogen (secondary N) is 2. The molecular formula is C17H18Cl2N2O3S. The third-order valence-electron chi connectivity index (χ3n) is 3.40. The molecule has 2 N–H and O–H groups in total. The molecule has 0 unspecified atom stereocenters. The Hall–Kier alpha value is -1.76. The van der Waals surface area contributed by atoms with Crippen LogP contribution in [-0.2, 0) is 10.0 Å². The predicted molar refractivity (Wildman–Crippen MR) is 101 cm³/mol. The van der Waals surface area contributed by atoms with Gasteiger partial charge in [0.2, 0.25) is 0 Å². The zero-order valence-electron chi connectivity index (χ0n) is 13.6. The molecule has 0 bridgehead atoms. The van der Waals surface area contributed by atoms with Gasteiger partial charge in [-0.05, 0) is 48.9 Å². The molecule has 1 amide bonds. The SMILES string of the molecule is CCCCNC(=O)c1cc(NS(=O)(=O)c2ccc(Cl)cc2)ccc1Cl. The Kier molecular flexibility index (Phi) is 6.70. The van der Waals surface area contributed by atoms with Crippen molar-refractivity contribution < 1.29 is 13.2 Å². The van der Waals surface area contributed by atoms with Crippen molar-refractivity contribution >= 4 is 44.8 Å². The second-order valence-electron chi connectivity index (χ2n) is 5.36. The molecule has 0 spiro atoms. The van der Waals surface area contributed by atoms with Gasteiger partial charge in [0.25, 0.3) is 15.9 Å². The van der Waals surface area contributed by atoms with Crippen LogP contribution < -0.4 is 10.0 Å². The molecule has 0 heterocycles. The summed E-state index contributed by atoms with van der Waals surface area (Å²) < 4.78 is 27.2. The first-order chi connectivity index (χ1) is 11.8. The van der Waals surface area contributed by atoms with E-state index < -0.39 is 10.0 Å². The highest BCUT2D eigenvalue weighted by Crippen LogP contribution is 2.23. The van der Waals surface area contributed by atoms with E-state index in [2.05, 4.69) is 10.0 Å². The van der Waals surface area contributed by atoms with E-state index in [0.717, 1.165) is 12.8 Å². The van der Waals surface area contributed by atoms with Crippen LogP contribution in [-0.4, -0.2) is 20.9 Å². The predicted octanol–water partition coefficient (Wildman–Crippen LogP) is 4.32. The van der Waals surface area contributed by atoms with Gasteiger partial charge in [-0.15, -0.1) is 0 Å². The van der Waals surface area contributed by atoms with E-state index in [1.54, 1.807) is 0 Å². The highest BCUT2D eigenvalue weighted by molar-refractivity contribution is 7.92. The molecule has 134 valence electrons. The molecule has 2 rings (SSSR count). The van der Waals surface area contributed by atoms with Crippen molar-refractivity contribution in [3.8, 4) is 0 Å². The second-order valence-corrected chi connectivity index (χ2v) is 7.89. The number of hydrogen-bond acceptors (Lipinski definition) is 3. The highest BCUT2D eigenvalue weighted by atomic mass is 35.5. The third-order valence-corrected chi connectivity index (χ3v) is 5.38. The summed E-state index contributed by atoms with van der Waals surface area (Å²) in [4.78, 5) is 12.2. The zero-order valence-corrected chi connectivity index (χ0v) is 15.9. The van der Waals surface area contributed by atoms with Crippen LogP contribution in [0.4, 0.5) is 5.69 Å². The molecule has 0 saturated carbocycles. The number of amides is 1. The first kappa shape index (κ1) is 19.6. The molecule has 0 aromatic heterocycles. The van der Waals surface area contributed by atoms with Gasteiger partial charge in [-0.1, -0.05) is 36.5 Å². The third kappa shape index (κ3) is 5.36. The van der Waals surface area contributed by atoms with E-state index in [9.17, 15) is 13.2 Å².